The standard InChI is InChI=1S/C7H8O4/c8-6-3-4-5(11-6)1-2-10-7(4)9/h1,4,7,9H,2-3H2. The third-order valence-corrected chi connectivity index (χ3v) is 1.88. The van der Waals surface area contributed by atoms with Crippen LogP contribution in [0.5, 0.6) is 0 Å². The molecule has 0 aromatic heterocycles. The first kappa shape index (κ1) is 6.82. The zero-order chi connectivity index (χ0) is 7.84. The summed E-state index contributed by atoms with van der Waals surface area (Å²) in [7, 11) is 0. The second-order valence-corrected chi connectivity index (χ2v) is 2.62. The Kier molecular flexibility index (Phi) is 1.44. The number of hydrogen-bond donors (Lipinski definition) is 1. The summed E-state index contributed by atoms with van der Waals surface area (Å²) in [5.41, 5.74) is 0. The van der Waals surface area contributed by atoms with Gasteiger partial charge in [0.15, 0.2) is 6.29 Å². The van der Waals surface area contributed by atoms with E-state index in [0.29, 0.717) is 12.4 Å². The zero-order valence-electron chi connectivity index (χ0n) is 5.82. The number of aliphatic hydroxyl groups excluding tert-OH is 1. The molecule has 4 nitrogen and oxygen atoms in total. The maximum absolute atomic E-state index is 10.7. The van der Waals surface area contributed by atoms with Crippen molar-refractivity contribution >= 4 is 5.97 Å². The van der Waals surface area contributed by atoms with Gasteiger partial charge in [0.2, 0.25) is 0 Å². The predicted molar refractivity (Wildman–Crippen MR) is 34.2 cm³/mol. The monoisotopic (exact) mass is 156 g/mol. The van der Waals surface area contributed by atoms with Gasteiger partial charge in [-0.15, -0.1) is 0 Å². The zero-order valence-corrected chi connectivity index (χ0v) is 5.82. The molecule has 2 atom stereocenters. The fourth-order valence-corrected chi connectivity index (χ4v) is 1.31. The lowest BCUT2D eigenvalue weighted by molar-refractivity contribution is -0.135. The van der Waals surface area contributed by atoms with Crippen LogP contribution in [-0.2, 0) is 14.3 Å². The van der Waals surface area contributed by atoms with Crippen molar-refractivity contribution in [2.24, 2.45) is 5.92 Å². The first-order valence-electron chi connectivity index (χ1n) is 3.48. The highest BCUT2D eigenvalue weighted by Crippen LogP contribution is 2.31. The minimum Gasteiger partial charge on any atom is -0.431 e. The molecule has 0 aliphatic carbocycles. The molecule has 2 unspecified atom stereocenters. The Labute approximate surface area is 63.4 Å². The molecule has 1 fully saturated rings. The van der Waals surface area contributed by atoms with Crippen molar-refractivity contribution in [3.8, 4) is 0 Å². The van der Waals surface area contributed by atoms with Crippen molar-refractivity contribution in [2.75, 3.05) is 6.61 Å². The fourth-order valence-electron chi connectivity index (χ4n) is 1.31. The molecular weight excluding hydrogens is 148 g/mol. The van der Waals surface area contributed by atoms with Crippen molar-refractivity contribution in [3.63, 3.8) is 0 Å². The van der Waals surface area contributed by atoms with Crippen LogP contribution in [0.25, 0.3) is 0 Å². The highest BCUT2D eigenvalue weighted by Gasteiger charge is 2.37. The summed E-state index contributed by atoms with van der Waals surface area (Å²) in [4.78, 5) is 10.7. The van der Waals surface area contributed by atoms with Crippen LogP contribution in [0.3, 0.4) is 0 Å². The van der Waals surface area contributed by atoms with E-state index in [2.05, 4.69) is 0 Å². The average molecular weight is 156 g/mol. The van der Waals surface area contributed by atoms with Crippen LogP contribution >= 0.6 is 0 Å². The fraction of sp³-hybridized carbons (Fsp3) is 0.571. The molecular formula is C7H8O4. The third kappa shape index (κ3) is 1.04. The molecule has 0 radical (unpaired) electrons. The predicted octanol–water partition coefficient (Wildman–Crippen LogP) is -0.218. The Morgan fingerprint density at radius 3 is 3.18 bits per heavy atom. The van der Waals surface area contributed by atoms with Gasteiger partial charge < -0.3 is 14.6 Å². The van der Waals surface area contributed by atoms with Crippen LogP contribution in [0.2, 0.25) is 0 Å². The molecule has 2 aliphatic rings. The second-order valence-electron chi connectivity index (χ2n) is 2.62. The van der Waals surface area contributed by atoms with E-state index in [1.807, 2.05) is 0 Å². The molecule has 11 heavy (non-hydrogen) atoms. The summed E-state index contributed by atoms with van der Waals surface area (Å²) in [6, 6.07) is 0. The van der Waals surface area contributed by atoms with Crippen molar-refractivity contribution in [2.45, 2.75) is 12.7 Å². The lowest BCUT2D eigenvalue weighted by Crippen LogP contribution is -2.26. The maximum atomic E-state index is 10.7. The van der Waals surface area contributed by atoms with Crippen molar-refractivity contribution in [1.82, 2.24) is 0 Å². The molecule has 60 valence electrons. The van der Waals surface area contributed by atoms with Gasteiger partial charge in [-0.25, -0.2) is 0 Å². The number of rotatable bonds is 0. The summed E-state index contributed by atoms with van der Waals surface area (Å²) in [5, 5.41) is 9.20. The van der Waals surface area contributed by atoms with E-state index in [1.165, 1.54) is 0 Å². The number of fused-ring (bicyclic) bond motifs is 1. The third-order valence-electron chi connectivity index (χ3n) is 1.88. The first-order valence-corrected chi connectivity index (χ1v) is 3.48. The normalized spacial score (nSPS) is 36.1. The van der Waals surface area contributed by atoms with E-state index >= 15 is 0 Å². The number of carbonyl (C=O) groups is 1. The molecule has 0 spiro atoms. The van der Waals surface area contributed by atoms with Crippen LogP contribution in [0.15, 0.2) is 11.8 Å². The number of esters is 1. The van der Waals surface area contributed by atoms with Gasteiger partial charge in [0.25, 0.3) is 0 Å². The lowest BCUT2D eigenvalue weighted by Gasteiger charge is -2.20. The molecule has 2 rings (SSSR count). The average Bonchev–Trinajstić information content (AvgIpc) is 2.31. The second kappa shape index (κ2) is 2.32. The van der Waals surface area contributed by atoms with E-state index < -0.39 is 6.29 Å². The van der Waals surface area contributed by atoms with E-state index in [1.54, 1.807) is 6.08 Å². The Balaban J connectivity index is 2.23. The van der Waals surface area contributed by atoms with Crippen LogP contribution in [0, 0.1) is 5.92 Å². The Hall–Kier alpha value is -0.870. The van der Waals surface area contributed by atoms with Gasteiger partial charge >= 0.3 is 5.97 Å². The van der Waals surface area contributed by atoms with Gasteiger partial charge in [-0.1, -0.05) is 0 Å². The van der Waals surface area contributed by atoms with Gasteiger partial charge in [0.1, 0.15) is 5.76 Å². The maximum Gasteiger partial charge on any atom is 0.311 e. The summed E-state index contributed by atoms with van der Waals surface area (Å²) in [6.45, 7) is 0.320. The SMILES string of the molecule is O=C1CC2C(=CCOC2O)O1. The van der Waals surface area contributed by atoms with Gasteiger partial charge in [-0.05, 0) is 6.08 Å². The van der Waals surface area contributed by atoms with Crippen LogP contribution in [0.1, 0.15) is 6.42 Å². The van der Waals surface area contributed by atoms with E-state index in [9.17, 15) is 9.90 Å². The smallest absolute Gasteiger partial charge is 0.311 e. The molecule has 0 aromatic carbocycles. The minimum atomic E-state index is -0.874. The van der Waals surface area contributed by atoms with E-state index in [-0.39, 0.29) is 18.3 Å². The topological polar surface area (TPSA) is 55.8 Å². The Morgan fingerprint density at radius 1 is 1.64 bits per heavy atom. The van der Waals surface area contributed by atoms with Gasteiger partial charge in [0.05, 0.1) is 18.9 Å². The van der Waals surface area contributed by atoms with Crippen LogP contribution in [-0.4, -0.2) is 24.0 Å². The quantitative estimate of drug-likeness (QED) is 0.493. The van der Waals surface area contributed by atoms with E-state index in [0.717, 1.165) is 0 Å². The summed E-state index contributed by atoms with van der Waals surface area (Å²) >= 11 is 0. The molecule has 2 heterocycles. The molecule has 2 aliphatic heterocycles. The largest absolute Gasteiger partial charge is 0.431 e. The van der Waals surface area contributed by atoms with Crippen LogP contribution < -0.4 is 0 Å². The highest BCUT2D eigenvalue weighted by molar-refractivity contribution is 5.74. The number of hydrogen-bond acceptors (Lipinski definition) is 4. The van der Waals surface area contributed by atoms with Gasteiger partial charge in [-0.2, -0.15) is 0 Å². The number of carbonyl (C=O) groups excluding carboxylic acids is 1. The summed E-state index contributed by atoms with van der Waals surface area (Å²) < 4.78 is 9.70. The molecule has 0 amide bonds. The Morgan fingerprint density at radius 2 is 2.45 bits per heavy atom. The minimum absolute atomic E-state index is 0.229. The van der Waals surface area contributed by atoms with Crippen LogP contribution in [0.4, 0.5) is 0 Å². The molecule has 0 saturated carbocycles. The van der Waals surface area contributed by atoms with Crippen molar-refractivity contribution in [3.05, 3.63) is 11.8 Å². The summed E-state index contributed by atoms with van der Waals surface area (Å²) in [5.74, 6) is 0.0100. The highest BCUT2D eigenvalue weighted by atomic mass is 16.6. The summed E-state index contributed by atoms with van der Waals surface area (Å²) in [6.07, 6.45) is 1.04. The number of aliphatic hydroxyl groups is 1. The molecule has 1 saturated heterocycles. The molecule has 0 aromatic rings. The molecule has 4 heteroatoms. The lowest BCUT2D eigenvalue weighted by atomic mass is 10.0. The van der Waals surface area contributed by atoms with Gasteiger partial charge in [0, 0.05) is 0 Å². The van der Waals surface area contributed by atoms with Gasteiger partial charge in [-0.3, -0.25) is 4.79 Å². The Bertz CT molecular complexity index is 220. The van der Waals surface area contributed by atoms with Crippen molar-refractivity contribution in [1.29, 1.82) is 0 Å². The number of ether oxygens (including phenoxy) is 2. The van der Waals surface area contributed by atoms with E-state index in [4.69, 9.17) is 9.47 Å². The van der Waals surface area contributed by atoms with Crippen molar-refractivity contribution < 1.29 is 19.4 Å². The first-order chi connectivity index (χ1) is 5.27. The molecule has 1 N–H and O–H groups in total. The molecule has 0 bridgehead atoms.